The van der Waals surface area contributed by atoms with Crippen LogP contribution in [0.25, 0.3) is 33.1 Å². The SMILES string of the molecule is COc1ccc2nc3c(nc2c1)O[C@H]1CN(C(=O)[C@H](C2(C)CCCC2)CC(=O)O[C@@H]2CCC[C@H]2CCCCC3)[C@H]([C-]=O)[C@@H]1C.COc1ccc2nc3c(nc2c1)O[C@H]1CN(C(=O)[C@H](C2(C)CCCC2)CC(=O)O[C@]2(C)CCC[C@H]2CCCCC3)[C@H]([C-]=O)[C@@H]1C.COc1ccc2nc3c(nc2c1)O[C@H]1CN(C(=O)[C@H](C2(C)CCCC2)CC(=O)O[C@]2(C)C[C@H]2CCCCC3)[C@H]([C-]=O)[C@@H]1C.[V].[V].[V]. The van der Waals surface area contributed by atoms with Gasteiger partial charge in [0.25, 0.3) is 0 Å². The van der Waals surface area contributed by atoms with Crippen LogP contribution in [0, 0.1) is 69.5 Å². The van der Waals surface area contributed by atoms with E-state index in [1.807, 2.05) is 82.3 Å². The van der Waals surface area contributed by atoms with Gasteiger partial charge in [-0.2, -0.15) is 0 Å². The zero-order chi connectivity index (χ0) is 93.0. The van der Waals surface area contributed by atoms with Gasteiger partial charge < -0.3 is 71.7 Å². The molecule has 6 aromatic rings. The number of hydrogen-bond donors (Lipinski definition) is 0. The van der Waals surface area contributed by atoms with Gasteiger partial charge in [-0.3, -0.25) is 28.8 Å². The maximum absolute atomic E-state index is 14.5. The van der Waals surface area contributed by atoms with Crippen LogP contribution >= 0.6 is 0 Å². The minimum absolute atomic E-state index is 0. The number of esters is 3. The molecule has 0 unspecified atom stereocenters. The Kier molecular flexibility index (Phi) is 34.9. The normalized spacial score (nSPS) is 31.6. The molecule has 12 aliphatic rings. The quantitative estimate of drug-likeness (QED) is 0.0737. The van der Waals surface area contributed by atoms with Crippen LogP contribution in [0.15, 0.2) is 54.6 Å². The van der Waals surface area contributed by atoms with E-state index in [0.29, 0.717) is 88.5 Å². The van der Waals surface area contributed by atoms with Crippen molar-refractivity contribution in [2.45, 2.75) is 347 Å². The molecule has 6 bridgehead atoms. The molecule has 135 heavy (non-hydrogen) atoms. The third kappa shape index (κ3) is 23.1. The minimum atomic E-state index is -0.776. The van der Waals surface area contributed by atoms with Gasteiger partial charge >= 0.3 is 17.9 Å². The van der Waals surface area contributed by atoms with Crippen molar-refractivity contribution in [1.82, 2.24) is 44.6 Å². The van der Waals surface area contributed by atoms with Crippen molar-refractivity contribution in [3.8, 4) is 34.9 Å². The molecule has 3 saturated heterocycles. The number of amides is 3. The Morgan fingerprint density at radius 1 is 0.348 bits per heavy atom. The van der Waals surface area contributed by atoms with E-state index in [0.717, 1.165) is 233 Å². The molecule has 3 aromatic carbocycles. The van der Waals surface area contributed by atoms with E-state index in [9.17, 15) is 43.2 Å². The number of ether oxygens (including phenoxy) is 9. The monoisotopic (exact) mass is 1970 g/mol. The molecule has 3 aromatic heterocycles. The van der Waals surface area contributed by atoms with Crippen LogP contribution in [-0.2, 0) is 132 Å². The van der Waals surface area contributed by atoms with Crippen molar-refractivity contribution < 1.29 is 141 Å². The van der Waals surface area contributed by atoms with Gasteiger partial charge in [0.2, 0.25) is 35.4 Å². The maximum Gasteiger partial charge on any atom is 0.307 e. The minimum Gasteiger partial charge on any atom is -0.540 e. The fourth-order valence-electron chi connectivity index (χ4n) is 24.5. The van der Waals surface area contributed by atoms with Gasteiger partial charge in [0.15, 0.2) is 0 Å². The molecule has 9 fully saturated rings. The molecule has 6 saturated carbocycles. The number of methoxy groups -OCH3 is 3. The Balaban J connectivity index is 0.000000170. The van der Waals surface area contributed by atoms with E-state index in [-0.39, 0.29) is 170 Å². The molecule has 3 radical (unpaired) electrons. The predicted octanol–water partition coefficient (Wildman–Crippen LogP) is 17.3. The fraction of sp³-hybridized carbons (Fsp3) is 0.686. The van der Waals surface area contributed by atoms with Crippen LogP contribution in [0.3, 0.4) is 0 Å². The summed E-state index contributed by atoms with van der Waals surface area (Å²) in [5, 5.41) is 0. The Morgan fingerprint density at radius 2 is 0.681 bits per heavy atom. The number of hydrogen-bond acceptors (Lipinski definition) is 24. The molecule has 729 valence electrons. The van der Waals surface area contributed by atoms with Crippen LogP contribution < -0.4 is 28.4 Å². The van der Waals surface area contributed by atoms with Crippen LogP contribution in [0.4, 0.5) is 0 Å². The molecular formula is C105H138N9O18V3-3. The number of aromatic nitrogens is 6. The van der Waals surface area contributed by atoms with Gasteiger partial charge in [-0.1, -0.05) is 137 Å². The van der Waals surface area contributed by atoms with E-state index >= 15 is 0 Å². The molecule has 27 nitrogen and oxygen atoms in total. The molecular weight excluding hydrogens is 1830 g/mol. The zero-order valence-corrected chi connectivity index (χ0v) is 85.1. The molecule has 6 aliphatic heterocycles. The number of nitrogens with zero attached hydrogens (tertiary/aromatic N) is 9. The van der Waals surface area contributed by atoms with Crippen LogP contribution in [-0.4, -0.2) is 194 Å². The van der Waals surface area contributed by atoms with E-state index in [2.05, 4.69) is 46.6 Å². The second-order valence-electron chi connectivity index (χ2n) is 42.1. The number of carbonyl (C=O) groups excluding carboxylic acids is 9. The van der Waals surface area contributed by atoms with E-state index in [4.69, 9.17) is 72.5 Å². The molecule has 0 N–H and O–H groups in total. The summed E-state index contributed by atoms with van der Waals surface area (Å²) in [6.45, 7) is 16.9. The second-order valence-corrected chi connectivity index (χ2v) is 42.1. The summed E-state index contributed by atoms with van der Waals surface area (Å²) < 4.78 is 54.5. The molecule has 6 aliphatic carbocycles. The molecule has 9 heterocycles. The first-order chi connectivity index (χ1) is 63.6. The van der Waals surface area contributed by atoms with Crippen molar-refractivity contribution in [2.75, 3.05) is 41.0 Å². The van der Waals surface area contributed by atoms with Crippen LogP contribution in [0.1, 0.15) is 291 Å². The third-order valence-electron chi connectivity index (χ3n) is 33.3. The average molecular weight is 1970 g/mol. The topological polar surface area (TPSA) is 324 Å². The summed E-state index contributed by atoms with van der Waals surface area (Å²) in [5.41, 5.74) is 4.72. The maximum atomic E-state index is 14.5. The number of fused-ring (bicyclic) bond motifs is 15. The number of aryl methyl sites for hydroxylation is 3. The van der Waals surface area contributed by atoms with E-state index < -0.39 is 65.4 Å². The number of carbonyl (C=O) groups is 6. The summed E-state index contributed by atoms with van der Waals surface area (Å²) in [6.07, 6.45) is 37.3. The smallest absolute Gasteiger partial charge is 0.307 e. The first-order valence-electron chi connectivity index (χ1n) is 49.8. The number of rotatable bonds is 9. The molecule has 0 spiro atoms. The van der Waals surface area contributed by atoms with Gasteiger partial charge in [0, 0.05) is 79.8 Å². The van der Waals surface area contributed by atoms with Crippen molar-refractivity contribution in [1.29, 1.82) is 0 Å². The van der Waals surface area contributed by atoms with Crippen molar-refractivity contribution in [3.63, 3.8) is 0 Å². The van der Waals surface area contributed by atoms with Crippen molar-refractivity contribution >= 4 is 87.6 Å². The summed E-state index contributed by atoms with van der Waals surface area (Å²) >= 11 is 0. The van der Waals surface area contributed by atoms with E-state index in [1.54, 1.807) is 36.0 Å². The largest absolute Gasteiger partial charge is 0.540 e. The zero-order valence-electron chi connectivity index (χ0n) is 80.9. The van der Waals surface area contributed by atoms with Gasteiger partial charge in [0.1, 0.15) is 69.9 Å². The molecule has 18 rings (SSSR count). The summed E-state index contributed by atoms with van der Waals surface area (Å²) in [4.78, 5) is 155. The van der Waals surface area contributed by atoms with Crippen LogP contribution in [0.5, 0.6) is 34.9 Å². The summed E-state index contributed by atoms with van der Waals surface area (Å²) in [6, 6.07) is 14.6. The van der Waals surface area contributed by atoms with Gasteiger partial charge in [0.05, 0.1) is 111 Å². The average Bonchev–Trinajstić information content (AvgIpc) is 1.66. The van der Waals surface area contributed by atoms with Crippen molar-refractivity contribution in [3.05, 3.63) is 71.7 Å². The van der Waals surface area contributed by atoms with Gasteiger partial charge in [-0.25, -0.2) is 48.8 Å². The van der Waals surface area contributed by atoms with Crippen LogP contribution in [0.2, 0.25) is 0 Å². The summed E-state index contributed by atoms with van der Waals surface area (Å²) in [7, 11) is 4.85. The van der Waals surface area contributed by atoms with Crippen molar-refractivity contribution in [2.24, 2.45) is 69.5 Å². The third-order valence-corrected chi connectivity index (χ3v) is 33.3. The summed E-state index contributed by atoms with van der Waals surface area (Å²) in [5.74, 6) is 0.352. The molecule has 3 amide bonds. The number of benzene rings is 3. The Hall–Kier alpha value is -7.94. The van der Waals surface area contributed by atoms with Gasteiger partial charge in [-0.05, 0) is 237 Å². The van der Waals surface area contributed by atoms with Gasteiger partial charge in [-0.15, -0.1) is 0 Å². The Morgan fingerprint density at radius 3 is 1.04 bits per heavy atom. The first kappa shape index (κ1) is 104. The molecule has 30 heteroatoms. The standard InChI is InChI=1S/C36H48N3O6.C35H46N3O6.C34H44N3O6.3V/c1-23-30(22-40)39-21-31(23)44-33-28(37-27-15-14-25(43-4)19-29(27)38-33)13-7-5-6-11-24-12-10-18-36(24,3)45-32(41)20-26(34(39)42)35(2)16-8-9-17-35;1-22-29(21-39)38-20-31(22)44-33-27(36-26-15-14-24(42-3)18-28(26)37-33)12-6-4-5-10-23-11-9-13-30(23)43-32(40)19-25(34(38)41)35(2)16-7-8-17-35;1-21-28(20-38)37-19-29(21)42-31-26(35-25-13-12-23(41-4)16-27(25)36-31)11-7-5-6-10-22-18-34(22,3)43-30(39)17-24(32(37)40)33(2)14-8-9-15-33;;;/h14-15,19,23-24,26,30-31H,5-13,16-18,20-21H2,1-4H3;14-15,18,22-23,25,29-31H,4-13,16-17,19-20H2,1-3H3;12-13,16,21-22,24,28-29H,5-11,14-15,17-19H2,1-4H3;;;/q3*-1;;;/t23-,24+,26+,30+,31-,36+;22-,23+,25+,29+,30+,31-;21-,22+,24+,28+,29-,34+;;;/m000.../s1. The Bertz CT molecular complexity index is 5210. The second kappa shape index (κ2) is 45.1. The Labute approximate surface area is 831 Å². The first-order valence-corrected chi connectivity index (χ1v) is 49.8. The molecule has 18 atom stereocenters. The predicted molar refractivity (Wildman–Crippen MR) is 495 cm³/mol. The fourth-order valence-corrected chi connectivity index (χ4v) is 24.5. The van der Waals surface area contributed by atoms with E-state index in [1.165, 1.54) is 0 Å².